The monoisotopic (exact) mass is 222 g/mol. The van der Waals surface area contributed by atoms with Crippen molar-refractivity contribution in [3.05, 3.63) is 35.6 Å². The summed E-state index contributed by atoms with van der Waals surface area (Å²) in [6.45, 7) is 3.58. The van der Waals surface area contributed by atoms with E-state index in [4.69, 9.17) is 14.6 Å². The topological polar surface area (TPSA) is 55.8 Å². The summed E-state index contributed by atoms with van der Waals surface area (Å²) < 4.78 is 10.3. The van der Waals surface area contributed by atoms with Gasteiger partial charge in [-0.15, -0.1) is 0 Å². The molecule has 0 aliphatic rings. The van der Waals surface area contributed by atoms with Gasteiger partial charge in [0.15, 0.2) is 0 Å². The van der Waals surface area contributed by atoms with E-state index in [0.29, 0.717) is 17.3 Å². The molecule has 0 saturated heterocycles. The molecular formula is C12H14O4. The zero-order valence-corrected chi connectivity index (χ0v) is 9.48. The summed E-state index contributed by atoms with van der Waals surface area (Å²) in [6, 6.07) is 4.67. The van der Waals surface area contributed by atoms with Gasteiger partial charge in [-0.3, -0.25) is 0 Å². The molecule has 1 aromatic rings. The molecule has 0 unspecified atom stereocenters. The molecule has 4 nitrogen and oxygen atoms in total. The minimum Gasteiger partial charge on any atom is -0.497 e. The van der Waals surface area contributed by atoms with Gasteiger partial charge in [0.2, 0.25) is 0 Å². The molecule has 0 aromatic heterocycles. The Morgan fingerprint density at radius 2 is 2.12 bits per heavy atom. The fourth-order valence-corrected chi connectivity index (χ4v) is 1.12. The first-order valence-electron chi connectivity index (χ1n) is 4.80. The minimum atomic E-state index is -1.04. The number of carboxylic acid groups (broad SMARTS) is 1. The van der Waals surface area contributed by atoms with E-state index in [1.165, 1.54) is 13.2 Å². The highest BCUT2D eigenvalue weighted by Gasteiger charge is 2.13. The maximum Gasteiger partial charge on any atom is 0.339 e. The summed E-state index contributed by atoms with van der Waals surface area (Å²) in [7, 11) is 1.48. The summed E-state index contributed by atoms with van der Waals surface area (Å²) in [5.41, 5.74) is 0.0838. The molecule has 1 rings (SSSR count). The molecule has 1 aromatic carbocycles. The molecule has 0 radical (unpaired) electrons. The second-order valence-corrected chi connectivity index (χ2v) is 3.17. The van der Waals surface area contributed by atoms with Gasteiger partial charge in [0.1, 0.15) is 17.1 Å². The molecule has 1 N–H and O–H groups in total. The van der Waals surface area contributed by atoms with Crippen LogP contribution in [-0.2, 0) is 0 Å². The van der Waals surface area contributed by atoms with Crippen molar-refractivity contribution in [1.82, 2.24) is 0 Å². The summed E-state index contributed by atoms with van der Waals surface area (Å²) >= 11 is 0. The molecular weight excluding hydrogens is 208 g/mol. The van der Waals surface area contributed by atoms with Crippen LogP contribution in [0.3, 0.4) is 0 Å². The number of ether oxygens (including phenoxy) is 2. The van der Waals surface area contributed by atoms with Gasteiger partial charge in [-0.1, -0.05) is 0 Å². The van der Waals surface area contributed by atoms with E-state index in [2.05, 4.69) is 0 Å². The molecule has 0 saturated carbocycles. The lowest BCUT2D eigenvalue weighted by atomic mass is 10.2. The zero-order valence-electron chi connectivity index (χ0n) is 9.48. The Balaban J connectivity index is 3.13. The highest BCUT2D eigenvalue weighted by molar-refractivity contribution is 5.91. The van der Waals surface area contributed by atoms with Crippen molar-refractivity contribution in [1.29, 1.82) is 0 Å². The van der Waals surface area contributed by atoms with E-state index < -0.39 is 5.97 Å². The van der Waals surface area contributed by atoms with Gasteiger partial charge in [0.25, 0.3) is 0 Å². The number of carboxylic acids is 1. The van der Waals surface area contributed by atoms with Crippen molar-refractivity contribution in [2.24, 2.45) is 0 Å². The first-order chi connectivity index (χ1) is 7.58. The van der Waals surface area contributed by atoms with E-state index in [0.717, 1.165) is 0 Å². The van der Waals surface area contributed by atoms with Crippen LogP contribution in [0.2, 0.25) is 0 Å². The molecule has 0 aliphatic carbocycles. The van der Waals surface area contributed by atoms with Crippen LogP contribution >= 0.6 is 0 Å². The third kappa shape index (κ3) is 2.76. The fraction of sp³-hybridized carbons (Fsp3) is 0.250. The normalized spacial score (nSPS) is 11.1. The second kappa shape index (κ2) is 5.21. The van der Waals surface area contributed by atoms with Crippen molar-refractivity contribution in [2.75, 3.05) is 7.11 Å². The number of rotatable bonds is 4. The van der Waals surface area contributed by atoms with Gasteiger partial charge < -0.3 is 14.6 Å². The number of methoxy groups -OCH3 is 1. The summed E-state index contributed by atoms with van der Waals surface area (Å²) in [6.07, 6.45) is 1.76. The van der Waals surface area contributed by atoms with Crippen LogP contribution in [-0.4, -0.2) is 18.2 Å². The van der Waals surface area contributed by atoms with Crippen molar-refractivity contribution < 1.29 is 19.4 Å². The van der Waals surface area contributed by atoms with E-state index in [9.17, 15) is 4.79 Å². The second-order valence-electron chi connectivity index (χ2n) is 3.17. The van der Waals surface area contributed by atoms with Crippen molar-refractivity contribution in [2.45, 2.75) is 13.8 Å². The van der Waals surface area contributed by atoms with E-state index in [1.54, 1.807) is 25.1 Å². The first-order valence-corrected chi connectivity index (χ1v) is 4.80. The Labute approximate surface area is 94.1 Å². The van der Waals surface area contributed by atoms with Crippen LogP contribution in [0.5, 0.6) is 11.5 Å². The van der Waals surface area contributed by atoms with Gasteiger partial charge in [-0.05, 0) is 38.1 Å². The van der Waals surface area contributed by atoms with Crippen LogP contribution in [0.1, 0.15) is 24.2 Å². The van der Waals surface area contributed by atoms with E-state index >= 15 is 0 Å². The first kappa shape index (κ1) is 12.1. The number of aromatic carboxylic acids is 1. The molecule has 0 bridgehead atoms. The fourth-order valence-electron chi connectivity index (χ4n) is 1.12. The maximum atomic E-state index is 11.0. The lowest BCUT2D eigenvalue weighted by Crippen LogP contribution is -2.02. The Hall–Kier alpha value is -1.97. The van der Waals surface area contributed by atoms with Gasteiger partial charge in [-0.25, -0.2) is 4.79 Å². The predicted molar refractivity (Wildman–Crippen MR) is 60.0 cm³/mol. The zero-order chi connectivity index (χ0) is 12.1. The van der Waals surface area contributed by atoms with Gasteiger partial charge in [-0.2, -0.15) is 0 Å². The maximum absolute atomic E-state index is 11.0. The van der Waals surface area contributed by atoms with Gasteiger partial charge in [0, 0.05) is 0 Å². The molecule has 86 valence electrons. The van der Waals surface area contributed by atoms with Crippen LogP contribution < -0.4 is 9.47 Å². The standard InChI is InChI=1S/C12H14O4/c1-4-8(2)16-11-6-5-9(15-3)7-10(11)12(13)14/h4-7H,1-3H3,(H,13,14). The Kier molecular flexibility index (Phi) is 3.94. The molecule has 0 heterocycles. The number of allylic oxidation sites excluding steroid dienone is 2. The molecule has 16 heavy (non-hydrogen) atoms. The average Bonchev–Trinajstić information content (AvgIpc) is 2.29. The summed E-state index contributed by atoms with van der Waals surface area (Å²) in [5.74, 6) is 0.400. The Bertz CT molecular complexity index is 421. The molecule has 0 spiro atoms. The number of hydrogen-bond acceptors (Lipinski definition) is 3. The molecule has 0 fully saturated rings. The van der Waals surface area contributed by atoms with E-state index in [1.807, 2.05) is 6.92 Å². The quantitative estimate of drug-likeness (QED) is 0.796. The molecule has 0 aliphatic heterocycles. The number of carbonyl (C=O) groups is 1. The third-order valence-electron chi connectivity index (χ3n) is 2.09. The van der Waals surface area contributed by atoms with Crippen LogP contribution in [0.15, 0.2) is 30.0 Å². The lowest BCUT2D eigenvalue weighted by Gasteiger charge is -2.09. The summed E-state index contributed by atoms with van der Waals surface area (Å²) in [4.78, 5) is 11.0. The molecule has 0 atom stereocenters. The van der Waals surface area contributed by atoms with Crippen molar-refractivity contribution in [3.8, 4) is 11.5 Å². The van der Waals surface area contributed by atoms with Gasteiger partial charge in [0.05, 0.1) is 12.9 Å². The largest absolute Gasteiger partial charge is 0.497 e. The lowest BCUT2D eigenvalue weighted by molar-refractivity contribution is 0.0693. The van der Waals surface area contributed by atoms with Crippen molar-refractivity contribution >= 4 is 5.97 Å². The summed E-state index contributed by atoms with van der Waals surface area (Å²) in [5, 5.41) is 9.02. The van der Waals surface area contributed by atoms with Crippen LogP contribution in [0, 0.1) is 0 Å². The highest BCUT2D eigenvalue weighted by atomic mass is 16.5. The molecule has 0 amide bonds. The average molecular weight is 222 g/mol. The third-order valence-corrected chi connectivity index (χ3v) is 2.09. The van der Waals surface area contributed by atoms with Gasteiger partial charge >= 0.3 is 5.97 Å². The van der Waals surface area contributed by atoms with E-state index in [-0.39, 0.29) is 5.56 Å². The molecule has 4 heteroatoms. The number of hydrogen-bond donors (Lipinski definition) is 1. The van der Waals surface area contributed by atoms with Crippen LogP contribution in [0.4, 0.5) is 0 Å². The number of benzene rings is 1. The highest BCUT2D eigenvalue weighted by Crippen LogP contribution is 2.25. The predicted octanol–water partition coefficient (Wildman–Crippen LogP) is 2.70. The Morgan fingerprint density at radius 3 is 2.62 bits per heavy atom. The minimum absolute atomic E-state index is 0.0838. The van der Waals surface area contributed by atoms with Crippen molar-refractivity contribution in [3.63, 3.8) is 0 Å². The van der Waals surface area contributed by atoms with Crippen LogP contribution in [0.25, 0.3) is 0 Å². The smallest absolute Gasteiger partial charge is 0.339 e. The Morgan fingerprint density at radius 1 is 1.44 bits per heavy atom. The SMILES string of the molecule is CC=C(C)Oc1ccc(OC)cc1C(=O)O.